The first-order valence-electron chi connectivity index (χ1n) is 16.1. The highest BCUT2D eigenvalue weighted by Gasteiger charge is 2.23. The van der Waals surface area contributed by atoms with Crippen molar-refractivity contribution in [2.75, 3.05) is 56.5 Å². The molecule has 44 heavy (non-hydrogen) atoms. The van der Waals surface area contributed by atoms with Crippen LogP contribution >= 0.6 is 0 Å². The fraction of sp³-hybridized carbons (Fsp3) is 0.342. The predicted molar refractivity (Wildman–Crippen MR) is 181 cm³/mol. The summed E-state index contributed by atoms with van der Waals surface area (Å²) in [6.07, 6.45) is 4.61. The van der Waals surface area contributed by atoms with Crippen LogP contribution in [0.2, 0.25) is 0 Å². The summed E-state index contributed by atoms with van der Waals surface area (Å²) < 4.78 is 5.84. The molecule has 0 radical (unpaired) electrons. The van der Waals surface area contributed by atoms with Gasteiger partial charge in [0.2, 0.25) is 0 Å². The van der Waals surface area contributed by atoms with E-state index in [1.165, 1.54) is 22.5 Å². The summed E-state index contributed by atoms with van der Waals surface area (Å²) in [5.41, 5.74) is 8.44. The third-order valence-corrected chi connectivity index (χ3v) is 9.00. The fourth-order valence-electron chi connectivity index (χ4n) is 6.54. The van der Waals surface area contributed by atoms with E-state index in [4.69, 9.17) is 4.74 Å². The van der Waals surface area contributed by atoms with Crippen molar-refractivity contribution in [3.63, 3.8) is 0 Å². The van der Waals surface area contributed by atoms with Gasteiger partial charge in [-0.15, -0.1) is 0 Å². The molecular weight excluding hydrogens is 544 g/mol. The normalized spacial score (nSPS) is 15.4. The van der Waals surface area contributed by atoms with Crippen LogP contribution in [-0.2, 0) is 17.6 Å². The SMILES string of the molecule is CN(CCCN1c2ccccc2CCc2ccccc21)CCN1CCC(OC(=O)Nc2ccccc2-c2ccccc2)CC1. The number of anilines is 3. The molecule has 0 bridgehead atoms. The van der Waals surface area contributed by atoms with Gasteiger partial charge in [-0.25, -0.2) is 4.79 Å². The van der Waals surface area contributed by atoms with Crippen LogP contribution in [0.3, 0.4) is 0 Å². The number of ether oxygens (including phenoxy) is 1. The van der Waals surface area contributed by atoms with Gasteiger partial charge in [-0.1, -0.05) is 84.9 Å². The second kappa shape index (κ2) is 14.6. The number of rotatable bonds is 10. The smallest absolute Gasteiger partial charge is 0.411 e. The van der Waals surface area contributed by atoms with Crippen molar-refractivity contribution in [3.05, 3.63) is 114 Å². The Kier molecular flexibility index (Phi) is 9.90. The lowest BCUT2D eigenvalue weighted by Crippen LogP contribution is -2.42. The zero-order valence-corrected chi connectivity index (χ0v) is 25.8. The average Bonchev–Trinajstić information content (AvgIpc) is 3.22. The molecule has 0 spiro atoms. The van der Waals surface area contributed by atoms with Crippen molar-refractivity contribution in [1.29, 1.82) is 0 Å². The van der Waals surface area contributed by atoms with Crippen molar-refractivity contribution >= 4 is 23.2 Å². The second-order valence-electron chi connectivity index (χ2n) is 12.0. The molecule has 6 nitrogen and oxygen atoms in total. The average molecular weight is 589 g/mol. The van der Waals surface area contributed by atoms with Crippen LogP contribution in [0.5, 0.6) is 0 Å². The first kappa shape index (κ1) is 29.9. The highest BCUT2D eigenvalue weighted by molar-refractivity contribution is 5.91. The van der Waals surface area contributed by atoms with Crippen LogP contribution < -0.4 is 10.2 Å². The van der Waals surface area contributed by atoms with Crippen molar-refractivity contribution in [2.24, 2.45) is 0 Å². The molecule has 0 saturated carbocycles. The summed E-state index contributed by atoms with van der Waals surface area (Å²) in [4.78, 5) is 20.3. The van der Waals surface area contributed by atoms with Crippen LogP contribution in [-0.4, -0.2) is 68.3 Å². The monoisotopic (exact) mass is 588 g/mol. The molecule has 228 valence electrons. The van der Waals surface area contributed by atoms with E-state index >= 15 is 0 Å². The molecule has 0 unspecified atom stereocenters. The zero-order valence-electron chi connectivity index (χ0n) is 25.8. The number of nitrogens with zero attached hydrogens (tertiary/aromatic N) is 3. The zero-order chi connectivity index (χ0) is 30.1. The Morgan fingerprint density at radius 3 is 2.09 bits per heavy atom. The largest absolute Gasteiger partial charge is 0.446 e. The van der Waals surface area contributed by atoms with E-state index in [9.17, 15) is 4.79 Å². The lowest BCUT2D eigenvalue weighted by molar-refractivity contribution is 0.0565. The maximum Gasteiger partial charge on any atom is 0.411 e. The van der Waals surface area contributed by atoms with Gasteiger partial charge in [0, 0.05) is 49.7 Å². The highest BCUT2D eigenvalue weighted by Crippen LogP contribution is 2.36. The third-order valence-electron chi connectivity index (χ3n) is 9.00. The minimum absolute atomic E-state index is 0.0488. The first-order chi connectivity index (χ1) is 21.6. The number of piperidine rings is 1. The number of likely N-dealkylation sites (tertiary alicyclic amines) is 1. The standard InChI is InChI=1S/C38H44N4O2/c1-40(24-11-25-42-36-18-9-5-14-31(36)20-21-32-15-6-10-19-37(32)42)28-29-41-26-22-33(23-27-41)44-38(43)39-35-17-8-7-16-34(35)30-12-3-2-4-13-30/h2-10,12-19,33H,11,20-29H2,1H3,(H,39,43). The summed E-state index contributed by atoms with van der Waals surface area (Å²) in [5.74, 6) is 0. The molecule has 4 aromatic carbocycles. The number of fused-ring (bicyclic) bond motifs is 2. The van der Waals surface area contributed by atoms with Crippen molar-refractivity contribution in [3.8, 4) is 11.1 Å². The number of hydrogen-bond acceptors (Lipinski definition) is 5. The quantitative estimate of drug-likeness (QED) is 0.207. The lowest BCUT2D eigenvalue weighted by Gasteiger charge is -2.33. The van der Waals surface area contributed by atoms with E-state index in [1.807, 2.05) is 54.6 Å². The van der Waals surface area contributed by atoms with Gasteiger partial charge in [0.05, 0.1) is 5.69 Å². The number of amides is 1. The van der Waals surface area contributed by atoms with Gasteiger partial charge in [0.25, 0.3) is 0 Å². The van der Waals surface area contributed by atoms with Crippen molar-refractivity contribution < 1.29 is 9.53 Å². The summed E-state index contributed by atoms with van der Waals surface area (Å²) in [6, 6.07) is 35.8. The number of carbonyl (C=O) groups excluding carboxylic acids is 1. The molecule has 0 atom stereocenters. The molecule has 4 aromatic rings. The number of hydrogen-bond donors (Lipinski definition) is 1. The molecule has 6 rings (SSSR count). The Hall–Kier alpha value is -4.13. The number of aryl methyl sites for hydroxylation is 2. The van der Waals surface area contributed by atoms with E-state index in [1.54, 1.807) is 0 Å². The molecule has 0 aliphatic carbocycles. The molecule has 0 aromatic heterocycles. The van der Waals surface area contributed by atoms with Crippen LogP contribution in [0.1, 0.15) is 30.4 Å². The third kappa shape index (κ3) is 7.50. The van der Waals surface area contributed by atoms with Gasteiger partial charge in [0.15, 0.2) is 0 Å². The summed E-state index contributed by atoms with van der Waals surface area (Å²) in [6.45, 7) is 6.05. The summed E-state index contributed by atoms with van der Waals surface area (Å²) >= 11 is 0. The van der Waals surface area contributed by atoms with Gasteiger partial charge in [-0.3, -0.25) is 5.32 Å². The number of nitrogens with one attached hydrogen (secondary N) is 1. The van der Waals surface area contributed by atoms with E-state index in [0.717, 1.165) is 88.2 Å². The van der Waals surface area contributed by atoms with Crippen molar-refractivity contribution in [2.45, 2.75) is 38.2 Å². The topological polar surface area (TPSA) is 48.1 Å². The van der Waals surface area contributed by atoms with Gasteiger partial charge in [-0.05, 0) is 80.6 Å². The second-order valence-corrected chi connectivity index (χ2v) is 12.0. The lowest BCUT2D eigenvalue weighted by atomic mass is 10.0. The summed E-state index contributed by atoms with van der Waals surface area (Å²) in [7, 11) is 2.23. The van der Waals surface area contributed by atoms with Gasteiger partial charge >= 0.3 is 6.09 Å². The fourth-order valence-corrected chi connectivity index (χ4v) is 6.54. The maximum atomic E-state index is 12.8. The minimum atomic E-state index is -0.374. The van der Waals surface area contributed by atoms with Gasteiger partial charge < -0.3 is 19.4 Å². The van der Waals surface area contributed by atoms with E-state index < -0.39 is 0 Å². The molecule has 1 N–H and O–H groups in total. The molecule has 1 saturated heterocycles. The van der Waals surface area contributed by atoms with Crippen LogP contribution in [0.25, 0.3) is 11.1 Å². The van der Waals surface area contributed by atoms with Crippen LogP contribution in [0, 0.1) is 0 Å². The predicted octanol–water partition coefficient (Wildman–Crippen LogP) is 7.63. The molecular formula is C38H44N4O2. The Morgan fingerprint density at radius 1 is 0.773 bits per heavy atom. The number of likely N-dealkylation sites (N-methyl/N-ethyl adjacent to an activating group) is 1. The van der Waals surface area contributed by atoms with Crippen LogP contribution in [0.15, 0.2) is 103 Å². The molecule has 1 fully saturated rings. The Labute approximate surface area is 262 Å². The molecule has 2 aliphatic rings. The Bertz CT molecular complexity index is 1470. The minimum Gasteiger partial charge on any atom is -0.446 e. The van der Waals surface area contributed by atoms with Gasteiger partial charge in [-0.2, -0.15) is 0 Å². The van der Waals surface area contributed by atoms with E-state index in [-0.39, 0.29) is 12.2 Å². The first-order valence-corrected chi connectivity index (χ1v) is 16.1. The Morgan fingerprint density at radius 2 is 1.39 bits per heavy atom. The molecule has 2 aliphatic heterocycles. The highest BCUT2D eigenvalue weighted by atomic mass is 16.6. The van der Waals surface area contributed by atoms with Crippen LogP contribution in [0.4, 0.5) is 21.9 Å². The number of para-hydroxylation sites is 3. The number of benzene rings is 4. The number of carbonyl (C=O) groups is 1. The molecule has 6 heteroatoms. The maximum absolute atomic E-state index is 12.8. The molecule has 1 amide bonds. The van der Waals surface area contributed by atoms with E-state index in [0.29, 0.717) is 0 Å². The Balaban J connectivity index is 0.926. The van der Waals surface area contributed by atoms with Gasteiger partial charge in [0.1, 0.15) is 6.10 Å². The van der Waals surface area contributed by atoms with Crippen molar-refractivity contribution in [1.82, 2.24) is 9.80 Å². The molecule has 2 heterocycles. The van der Waals surface area contributed by atoms with E-state index in [2.05, 4.69) is 75.6 Å². The summed E-state index contributed by atoms with van der Waals surface area (Å²) in [5, 5.41) is 2.98.